The Bertz CT molecular complexity index is 196. The first-order valence-electron chi connectivity index (χ1n) is 5.34. The fourth-order valence-corrected chi connectivity index (χ4v) is 1.06. The van der Waals surface area contributed by atoms with Crippen molar-refractivity contribution in [3.8, 4) is 0 Å². The fourth-order valence-electron chi connectivity index (χ4n) is 1.06. The molecular formula is C11H23NO3. The first-order valence-corrected chi connectivity index (χ1v) is 5.34. The smallest absolute Gasteiger partial charge is 0.410 e. The van der Waals surface area contributed by atoms with Crippen LogP contribution in [0, 0.1) is 0 Å². The second kappa shape index (κ2) is 5.95. The molecule has 0 saturated carbocycles. The molecule has 1 unspecified atom stereocenters. The molecule has 0 aliphatic heterocycles. The van der Waals surface area contributed by atoms with Gasteiger partial charge in [-0.1, -0.05) is 0 Å². The number of aliphatic hydroxyl groups is 1. The molecule has 90 valence electrons. The Morgan fingerprint density at radius 2 is 2.00 bits per heavy atom. The maximum absolute atomic E-state index is 11.5. The molecule has 0 aromatic rings. The zero-order chi connectivity index (χ0) is 12.1. The van der Waals surface area contributed by atoms with E-state index in [1.807, 2.05) is 20.8 Å². The fraction of sp³-hybridized carbons (Fsp3) is 0.909. The molecule has 0 heterocycles. The maximum atomic E-state index is 11.5. The molecule has 4 heteroatoms. The van der Waals surface area contributed by atoms with Crippen molar-refractivity contribution < 1.29 is 14.6 Å². The Morgan fingerprint density at radius 3 is 2.40 bits per heavy atom. The summed E-state index contributed by atoms with van der Waals surface area (Å²) in [6.45, 7) is 7.88. The maximum Gasteiger partial charge on any atom is 0.410 e. The van der Waals surface area contributed by atoms with Gasteiger partial charge in [-0.15, -0.1) is 0 Å². The third-order valence-corrected chi connectivity index (χ3v) is 1.82. The van der Waals surface area contributed by atoms with Crippen LogP contribution in [0.1, 0.15) is 40.5 Å². The SMILES string of the molecule is CC(O)CCCN(C)C(=O)OC(C)(C)C. The quantitative estimate of drug-likeness (QED) is 0.783. The van der Waals surface area contributed by atoms with E-state index in [9.17, 15) is 4.79 Å². The number of aliphatic hydroxyl groups excluding tert-OH is 1. The summed E-state index contributed by atoms with van der Waals surface area (Å²) < 4.78 is 5.18. The Hall–Kier alpha value is -0.770. The highest BCUT2D eigenvalue weighted by molar-refractivity contribution is 5.67. The van der Waals surface area contributed by atoms with Gasteiger partial charge >= 0.3 is 6.09 Å². The second-order valence-corrected chi connectivity index (χ2v) is 4.89. The topological polar surface area (TPSA) is 49.8 Å². The summed E-state index contributed by atoms with van der Waals surface area (Å²) in [7, 11) is 1.70. The summed E-state index contributed by atoms with van der Waals surface area (Å²) in [5.41, 5.74) is -0.449. The van der Waals surface area contributed by atoms with Crippen molar-refractivity contribution in [3.05, 3.63) is 0 Å². The van der Waals surface area contributed by atoms with Crippen molar-refractivity contribution in [1.29, 1.82) is 0 Å². The van der Waals surface area contributed by atoms with Gasteiger partial charge in [-0.05, 0) is 40.5 Å². The lowest BCUT2D eigenvalue weighted by Crippen LogP contribution is -2.34. The summed E-state index contributed by atoms with van der Waals surface area (Å²) in [6.07, 6.45) is 0.866. The van der Waals surface area contributed by atoms with Crippen molar-refractivity contribution in [2.24, 2.45) is 0 Å². The zero-order valence-electron chi connectivity index (χ0n) is 10.4. The largest absolute Gasteiger partial charge is 0.444 e. The number of amides is 1. The minimum Gasteiger partial charge on any atom is -0.444 e. The molecule has 0 radical (unpaired) electrons. The molecule has 0 saturated heterocycles. The van der Waals surface area contributed by atoms with Crippen LogP contribution in [0.2, 0.25) is 0 Å². The minimum absolute atomic E-state index is 0.308. The van der Waals surface area contributed by atoms with Crippen molar-refractivity contribution in [2.75, 3.05) is 13.6 Å². The van der Waals surface area contributed by atoms with Crippen molar-refractivity contribution in [2.45, 2.75) is 52.2 Å². The molecule has 0 spiro atoms. The summed E-state index contributed by atoms with van der Waals surface area (Å²) in [5, 5.41) is 9.06. The molecule has 0 aliphatic carbocycles. The van der Waals surface area contributed by atoms with E-state index < -0.39 is 5.60 Å². The molecular weight excluding hydrogens is 194 g/mol. The van der Waals surface area contributed by atoms with Crippen LogP contribution < -0.4 is 0 Å². The van der Waals surface area contributed by atoms with Gasteiger partial charge in [0.2, 0.25) is 0 Å². The van der Waals surface area contributed by atoms with Crippen LogP contribution in [0.15, 0.2) is 0 Å². The molecule has 1 atom stereocenters. The molecule has 0 bridgehead atoms. The van der Waals surface area contributed by atoms with E-state index >= 15 is 0 Å². The third kappa shape index (κ3) is 8.24. The highest BCUT2D eigenvalue weighted by Crippen LogP contribution is 2.09. The summed E-state index contributed by atoms with van der Waals surface area (Å²) in [6, 6.07) is 0. The molecule has 1 amide bonds. The van der Waals surface area contributed by atoms with Crippen molar-refractivity contribution in [1.82, 2.24) is 4.90 Å². The van der Waals surface area contributed by atoms with Crippen LogP contribution in [0.25, 0.3) is 0 Å². The molecule has 0 aliphatic rings. The van der Waals surface area contributed by atoms with Gasteiger partial charge in [-0.2, -0.15) is 0 Å². The number of rotatable bonds is 4. The number of hydrogen-bond acceptors (Lipinski definition) is 3. The molecule has 0 aromatic heterocycles. The lowest BCUT2D eigenvalue weighted by atomic mass is 10.2. The Balaban J connectivity index is 3.80. The van der Waals surface area contributed by atoms with Gasteiger partial charge in [-0.25, -0.2) is 4.79 Å². The van der Waals surface area contributed by atoms with Crippen LogP contribution >= 0.6 is 0 Å². The van der Waals surface area contributed by atoms with Gasteiger partial charge in [0.15, 0.2) is 0 Å². The van der Waals surface area contributed by atoms with Gasteiger partial charge in [0.05, 0.1) is 6.10 Å². The predicted molar refractivity (Wildman–Crippen MR) is 59.8 cm³/mol. The molecule has 0 aromatic carbocycles. The van der Waals surface area contributed by atoms with Crippen molar-refractivity contribution >= 4 is 6.09 Å². The number of hydrogen-bond donors (Lipinski definition) is 1. The van der Waals surface area contributed by atoms with Crippen LogP contribution in [-0.2, 0) is 4.74 Å². The van der Waals surface area contributed by atoms with Crippen LogP contribution in [0.3, 0.4) is 0 Å². The minimum atomic E-state index is -0.449. The molecule has 0 fully saturated rings. The van der Waals surface area contributed by atoms with E-state index in [0.29, 0.717) is 13.0 Å². The average molecular weight is 217 g/mol. The van der Waals surface area contributed by atoms with Crippen LogP contribution in [0.4, 0.5) is 4.79 Å². The Morgan fingerprint density at radius 1 is 1.47 bits per heavy atom. The first kappa shape index (κ1) is 14.2. The van der Waals surface area contributed by atoms with Gasteiger partial charge in [0.25, 0.3) is 0 Å². The third-order valence-electron chi connectivity index (χ3n) is 1.82. The Kier molecular flexibility index (Phi) is 5.65. The normalized spacial score (nSPS) is 13.5. The lowest BCUT2D eigenvalue weighted by Gasteiger charge is -2.24. The predicted octanol–water partition coefficient (Wildman–Crippen LogP) is 2.01. The molecule has 0 rings (SSSR count). The highest BCUT2D eigenvalue weighted by atomic mass is 16.6. The monoisotopic (exact) mass is 217 g/mol. The van der Waals surface area contributed by atoms with E-state index in [2.05, 4.69) is 0 Å². The summed E-state index contributed by atoms with van der Waals surface area (Å²) in [4.78, 5) is 13.0. The number of carbonyl (C=O) groups excluding carboxylic acids is 1. The van der Waals surface area contributed by atoms with Crippen LogP contribution in [0.5, 0.6) is 0 Å². The van der Waals surface area contributed by atoms with E-state index in [1.165, 1.54) is 4.90 Å². The van der Waals surface area contributed by atoms with Gasteiger partial charge < -0.3 is 14.7 Å². The highest BCUT2D eigenvalue weighted by Gasteiger charge is 2.19. The second-order valence-electron chi connectivity index (χ2n) is 4.89. The van der Waals surface area contributed by atoms with Gasteiger partial charge in [-0.3, -0.25) is 0 Å². The van der Waals surface area contributed by atoms with E-state index in [4.69, 9.17) is 9.84 Å². The standard InChI is InChI=1S/C11H23NO3/c1-9(13)7-6-8-12(5)10(14)15-11(2,3)4/h9,13H,6-8H2,1-5H3. The van der Waals surface area contributed by atoms with Gasteiger partial charge in [0.1, 0.15) is 5.60 Å². The summed E-state index contributed by atoms with van der Waals surface area (Å²) >= 11 is 0. The van der Waals surface area contributed by atoms with E-state index in [-0.39, 0.29) is 12.2 Å². The van der Waals surface area contributed by atoms with E-state index in [0.717, 1.165) is 6.42 Å². The molecule has 1 N–H and O–H groups in total. The summed E-state index contributed by atoms with van der Waals surface area (Å²) in [5.74, 6) is 0. The molecule has 4 nitrogen and oxygen atoms in total. The van der Waals surface area contributed by atoms with Gasteiger partial charge in [0, 0.05) is 13.6 Å². The number of ether oxygens (including phenoxy) is 1. The first-order chi connectivity index (χ1) is 6.72. The molecule has 15 heavy (non-hydrogen) atoms. The zero-order valence-corrected chi connectivity index (χ0v) is 10.4. The van der Waals surface area contributed by atoms with E-state index in [1.54, 1.807) is 14.0 Å². The number of nitrogens with zero attached hydrogens (tertiary/aromatic N) is 1. The Labute approximate surface area is 92.2 Å². The average Bonchev–Trinajstić information content (AvgIpc) is 1.99. The number of carbonyl (C=O) groups is 1. The van der Waals surface area contributed by atoms with Crippen molar-refractivity contribution in [3.63, 3.8) is 0 Å². The van der Waals surface area contributed by atoms with Crippen LogP contribution in [-0.4, -0.2) is 41.4 Å². The lowest BCUT2D eigenvalue weighted by molar-refractivity contribution is 0.0290.